The Hall–Kier alpha value is -1.69. The molecule has 0 aliphatic carbocycles. The maximum absolute atomic E-state index is 6.02. The third kappa shape index (κ3) is 2.27. The SMILES string of the molecule is CC(C)c1n[nH]c([C@@H](N)Cc2cnc[nH]2)n1. The van der Waals surface area contributed by atoms with Crippen LogP contribution in [0, 0.1) is 0 Å². The fourth-order valence-electron chi connectivity index (χ4n) is 1.44. The van der Waals surface area contributed by atoms with Gasteiger partial charge in [0.25, 0.3) is 0 Å². The number of H-pyrrole nitrogens is 2. The minimum absolute atomic E-state index is 0.180. The summed E-state index contributed by atoms with van der Waals surface area (Å²) in [5, 5.41) is 7.00. The van der Waals surface area contributed by atoms with Gasteiger partial charge in [-0.2, -0.15) is 5.10 Å². The predicted molar refractivity (Wildman–Crippen MR) is 59.7 cm³/mol. The molecule has 0 spiro atoms. The highest BCUT2D eigenvalue weighted by atomic mass is 15.2. The number of rotatable bonds is 4. The molecule has 0 aliphatic heterocycles. The number of nitrogens with one attached hydrogen (secondary N) is 2. The summed E-state index contributed by atoms with van der Waals surface area (Å²) in [5.74, 6) is 1.83. The zero-order valence-electron chi connectivity index (χ0n) is 9.44. The second-order valence-corrected chi connectivity index (χ2v) is 4.12. The summed E-state index contributed by atoms with van der Waals surface area (Å²) in [5.41, 5.74) is 7.01. The zero-order chi connectivity index (χ0) is 11.5. The summed E-state index contributed by atoms with van der Waals surface area (Å²) in [6, 6.07) is -0.180. The van der Waals surface area contributed by atoms with Crippen molar-refractivity contribution < 1.29 is 0 Å². The molecule has 0 saturated carbocycles. The molecule has 2 aromatic rings. The van der Waals surface area contributed by atoms with E-state index in [-0.39, 0.29) is 6.04 Å². The lowest BCUT2D eigenvalue weighted by atomic mass is 10.1. The highest BCUT2D eigenvalue weighted by molar-refractivity contribution is 5.05. The first kappa shape index (κ1) is 10.8. The van der Waals surface area contributed by atoms with E-state index in [4.69, 9.17) is 5.73 Å². The molecule has 0 aromatic carbocycles. The fourth-order valence-corrected chi connectivity index (χ4v) is 1.44. The number of hydrogen-bond acceptors (Lipinski definition) is 4. The Balaban J connectivity index is 2.06. The van der Waals surface area contributed by atoms with E-state index in [1.807, 2.05) is 13.8 Å². The largest absolute Gasteiger partial charge is 0.348 e. The smallest absolute Gasteiger partial charge is 0.153 e. The number of hydrogen-bond donors (Lipinski definition) is 3. The molecule has 6 nitrogen and oxygen atoms in total. The highest BCUT2D eigenvalue weighted by Gasteiger charge is 2.14. The first-order valence-corrected chi connectivity index (χ1v) is 5.32. The van der Waals surface area contributed by atoms with Crippen molar-refractivity contribution in [3.8, 4) is 0 Å². The van der Waals surface area contributed by atoms with Gasteiger partial charge in [-0.15, -0.1) is 0 Å². The molecule has 2 rings (SSSR count). The molecule has 0 saturated heterocycles. The molecule has 4 N–H and O–H groups in total. The first-order chi connectivity index (χ1) is 7.66. The maximum Gasteiger partial charge on any atom is 0.153 e. The van der Waals surface area contributed by atoms with Crippen molar-refractivity contribution >= 4 is 0 Å². The Bertz CT molecular complexity index is 430. The summed E-state index contributed by atoms with van der Waals surface area (Å²) in [6.07, 6.45) is 4.08. The second kappa shape index (κ2) is 4.44. The van der Waals surface area contributed by atoms with Gasteiger partial charge in [-0.3, -0.25) is 5.10 Å². The summed E-state index contributed by atoms with van der Waals surface area (Å²) in [4.78, 5) is 11.3. The van der Waals surface area contributed by atoms with Gasteiger partial charge in [-0.05, 0) is 0 Å². The monoisotopic (exact) mass is 220 g/mol. The van der Waals surface area contributed by atoms with E-state index in [9.17, 15) is 0 Å². The number of aromatic nitrogens is 5. The third-order valence-electron chi connectivity index (χ3n) is 2.38. The Kier molecular flexibility index (Phi) is 3.00. The highest BCUT2D eigenvalue weighted by Crippen LogP contribution is 2.13. The summed E-state index contributed by atoms with van der Waals surface area (Å²) in [7, 11) is 0. The summed E-state index contributed by atoms with van der Waals surface area (Å²) in [6.45, 7) is 4.10. The van der Waals surface area contributed by atoms with E-state index in [2.05, 4.69) is 25.1 Å². The van der Waals surface area contributed by atoms with Crippen molar-refractivity contribution in [2.45, 2.75) is 32.2 Å². The normalized spacial score (nSPS) is 13.2. The first-order valence-electron chi connectivity index (χ1n) is 5.32. The molecule has 2 aromatic heterocycles. The Labute approximate surface area is 93.7 Å². The molecular weight excluding hydrogens is 204 g/mol. The van der Waals surface area contributed by atoms with E-state index in [1.54, 1.807) is 12.5 Å². The molecule has 16 heavy (non-hydrogen) atoms. The molecule has 0 unspecified atom stereocenters. The summed E-state index contributed by atoms with van der Waals surface area (Å²) >= 11 is 0. The van der Waals surface area contributed by atoms with Crippen LogP contribution in [0.2, 0.25) is 0 Å². The standard InChI is InChI=1S/C10H16N6/c1-6(2)9-14-10(16-15-9)8(11)3-7-4-12-5-13-7/h4-6,8H,3,11H2,1-2H3,(H,12,13)(H,14,15,16)/t8-/m0/s1. The molecule has 6 heteroatoms. The second-order valence-electron chi connectivity index (χ2n) is 4.12. The average Bonchev–Trinajstić information content (AvgIpc) is 2.86. The van der Waals surface area contributed by atoms with Gasteiger partial charge in [-0.1, -0.05) is 13.8 Å². The lowest BCUT2D eigenvalue weighted by Crippen LogP contribution is -2.15. The maximum atomic E-state index is 6.02. The van der Waals surface area contributed by atoms with Gasteiger partial charge in [0.15, 0.2) is 5.82 Å². The average molecular weight is 220 g/mol. The van der Waals surface area contributed by atoms with E-state index in [0.29, 0.717) is 12.3 Å². The van der Waals surface area contributed by atoms with Crippen LogP contribution in [0.5, 0.6) is 0 Å². The zero-order valence-corrected chi connectivity index (χ0v) is 9.44. The van der Waals surface area contributed by atoms with Crippen LogP contribution in [-0.2, 0) is 6.42 Å². The van der Waals surface area contributed by atoms with Gasteiger partial charge < -0.3 is 10.7 Å². The van der Waals surface area contributed by atoms with Gasteiger partial charge in [0.1, 0.15) is 5.82 Å². The van der Waals surface area contributed by atoms with E-state index >= 15 is 0 Å². The number of nitrogens with two attached hydrogens (primary N) is 1. The predicted octanol–water partition coefficient (Wildman–Crippen LogP) is 0.894. The van der Waals surface area contributed by atoms with Gasteiger partial charge in [0.05, 0.1) is 12.4 Å². The molecule has 0 fully saturated rings. The number of aromatic amines is 2. The van der Waals surface area contributed by atoms with Crippen molar-refractivity contribution in [2.75, 3.05) is 0 Å². The van der Waals surface area contributed by atoms with Crippen LogP contribution in [0.25, 0.3) is 0 Å². The van der Waals surface area contributed by atoms with Crippen molar-refractivity contribution in [3.63, 3.8) is 0 Å². The quantitative estimate of drug-likeness (QED) is 0.713. The topological polar surface area (TPSA) is 96.3 Å². The molecular formula is C10H16N6. The van der Waals surface area contributed by atoms with E-state index < -0.39 is 0 Å². The lowest BCUT2D eigenvalue weighted by molar-refractivity contribution is 0.660. The van der Waals surface area contributed by atoms with Crippen LogP contribution in [0.15, 0.2) is 12.5 Å². The Morgan fingerprint density at radius 2 is 2.25 bits per heavy atom. The van der Waals surface area contributed by atoms with Crippen molar-refractivity contribution in [3.05, 3.63) is 29.9 Å². The van der Waals surface area contributed by atoms with Crippen LogP contribution >= 0.6 is 0 Å². The third-order valence-corrected chi connectivity index (χ3v) is 2.38. The molecule has 86 valence electrons. The van der Waals surface area contributed by atoms with Gasteiger partial charge in [0.2, 0.25) is 0 Å². The van der Waals surface area contributed by atoms with Crippen molar-refractivity contribution in [1.82, 2.24) is 25.1 Å². The van der Waals surface area contributed by atoms with E-state index in [0.717, 1.165) is 17.3 Å². The van der Waals surface area contributed by atoms with Crippen molar-refractivity contribution in [1.29, 1.82) is 0 Å². The molecule has 0 radical (unpaired) electrons. The van der Waals surface area contributed by atoms with Crippen LogP contribution in [0.4, 0.5) is 0 Å². The van der Waals surface area contributed by atoms with Gasteiger partial charge in [-0.25, -0.2) is 9.97 Å². The molecule has 1 atom stereocenters. The fraction of sp³-hybridized carbons (Fsp3) is 0.500. The molecule has 0 aliphatic rings. The van der Waals surface area contributed by atoms with Gasteiger partial charge >= 0.3 is 0 Å². The van der Waals surface area contributed by atoms with Crippen LogP contribution in [0.1, 0.15) is 43.1 Å². The van der Waals surface area contributed by atoms with Crippen LogP contribution in [-0.4, -0.2) is 25.1 Å². The molecule has 2 heterocycles. The number of nitrogens with zero attached hydrogens (tertiary/aromatic N) is 3. The Morgan fingerprint density at radius 1 is 1.44 bits per heavy atom. The van der Waals surface area contributed by atoms with Gasteiger partial charge in [0, 0.05) is 24.2 Å². The minimum atomic E-state index is -0.180. The molecule has 0 amide bonds. The Morgan fingerprint density at radius 3 is 2.81 bits per heavy atom. The number of imidazole rings is 1. The van der Waals surface area contributed by atoms with Crippen LogP contribution in [0.3, 0.4) is 0 Å². The molecule has 0 bridgehead atoms. The minimum Gasteiger partial charge on any atom is -0.348 e. The summed E-state index contributed by atoms with van der Waals surface area (Å²) < 4.78 is 0. The lowest BCUT2D eigenvalue weighted by Gasteiger charge is -2.05. The van der Waals surface area contributed by atoms with E-state index in [1.165, 1.54) is 0 Å². The van der Waals surface area contributed by atoms with Crippen molar-refractivity contribution in [2.24, 2.45) is 5.73 Å². The van der Waals surface area contributed by atoms with Crippen LogP contribution < -0.4 is 5.73 Å².